The van der Waals surface area contributed by atoms with E-state index in [1.54, 1.807) is 0 Å². The fraction of sp³-hybridized carbons (Fsp3) is 0.500. The van der Waals surface area contributed by atoms with Crippen molar-refractivity contribution in [2.24, 2.45) is 0 Å². The standard InChI is InChI=1S/C2H6O2.C2H4O2.H2O.2Rh/c2*1-2(3)4;;;/h2-4H,1H3;3-4H,1H2;1H2;;. The predicted molar refractivity (Wildman–Crippen MR) is 31.9 cm³/mol. The second-order valence-corrected chi connectivity index (χ2v) is 1.05. The molecule has 0 atom stereocenters. The number of aliphatic hydroxyl groups is 4. The Bertz CT molecular complexity index is 60.7. The van der Waals surface area contributed by atoms with Gasteiger partial charge in [-0.1, -0.05) is 0 Å². The van der Waals surface area contributed by atoms with E-state index in [9.17, 15) is 0 Å². The van der Waals surface area contributed by atoms with Crippen LogP contribution in [0.3, 0.4) is 0 Å². The molecule has 76 valence electrons. The Kier molecular flexibility index (Phi) is 61.3. The zero-order chi connectivity index (χ0) is 7.15. The number of hydrogen-bond acceptors (Lipinski definition) is 4. The minimum Gasteiger partial charge on any atom is -0.482 e. The van der Waals surface area contributed by atoms with Crippen LogP contribution >= 0.6 is 0 Å². The third-order valence-corrected chi connectivity index (χ3v) is 0. The summed E-state index contributed by atoms with van der Waals surface area (Å²) in [7, 11) is 0. The summed E-state index contributed by atoms with van der Waals surface area (Å²) in [6.45, 7) is 3.94. The van der Waals surface area contributed by atoms with Crippen LogP contribution in [0, 0.1) is 0 Å². The van der Waals surface area contributed by atoms with Crippen LogP contribution in [0.5, 0.6) is 0 Å². The van der Waals surface area contributed by atoms with Gasteiger partial charge in [-0.3, -0.25) is 0 Å². The fourth-order valence-corrected chi connectivity index (χ4v) is 0. The Labute approximate surface area is 90.6 Å². The van der Waals surface area contributed by atoms with Gasteiger partial charge in [0, 0.05) is 39.0 Å². The zero-order valence-corrected chi connectivity index (χ0v) is 9.02. The van der Waals surface area contributed by atoms with Crippen LogP contribution in [0.25, 0.3) is 0 Å². The predicted octanol–water partition coefficient (Wildman–Crippen LogP) is -0.939. The van der Waals surface area contributed by atoms with Gasteiger partial charge >= 0.3 is 0 Å². The molecule has 0 bridgehead atoms. The molecule has 0 fully saturated rings. The van der Waals surface area contributed by atoms with Crippen LogP contribution in [0.4, 0.5) is 0 Å². The molecular weight excluding hydrogens is 334 g/mol. The van der Waals surface area contributed by atoms with Crippen molar-refractivity contribution in [2.75, 3.05) is 0 Å². The molecule has 2 radical (unpaired) electrons. The Morgan fingerprint density at radius 1 is 1.18 bits per heavy atom. The summed E-state index contributed by atoms with van der Waals surface area (Å²) in [4.78, 5) is 0. The molecule has 0 heterocycles. The second kappa shape index (κ2) is 22.4. The topological polar surface area (TPSA) is 112 Å². The van der Waals surface area contributed by atoms with E-state index in [1.165, 1.54) is 6.92 Å². The minimum absolute atomic E-state index is 0. The Hall–Kier alpha value is 0.467. The van der Waals surface area contributed by atoms with Crippen LogP contribution in [-0.4, -0.2) is 32.2 Å². The summed E-state index contributed by atoms with van der Waals surface area (Å²) in [5, 5.41) is 30.1. The molecule has 11 heavy (non-hydrogen) atoms. The molecule has 0 aromatic rings. The van der Waals surface area contributed by atoms with Crippen molar-refractivity contribution in [3.05, 3.63) is 12.5 Å². The van der Waals surface area contributed by atoms with Gasteiger partial charge in [-0.2, -0.15) is 0 Å². The number of rotatable bonds is 0. The first-order chi connectivity index (χ1) is 3.46. The monoisotopic (exact) mass is 346 g/mol. The number of hydrogen-bond donors (Lipinski definition) is 4. The van der Waals surface area contributed by atoms with E-state index in [4.69, 9.17) is 20.4 Å². The maximum absolute atomic E-state index is 7.61. The third kappa shape index (κ3) is 3440. The summed E-state index contributed by atoms with van der Waals surface area (Å²) in [6.07, 6.45) is -1.17. The van der Waals surface area contributed by atoms with Crippen LogP contribution in [0.15, 0.2) is 12.5 Å². The molecule has 0 rings (SSSR count). The quantitative estimate of drug-likeness (QED) is 0.258. The van der Waals surface area contributed by atoms with Crippen molar-refractivity contribution in [3.8, 4) is 0 Å². The molecule has 7 heteroatoms. The normalized spacial score (nSPS) is 5.45. The average molecular weight is 346 g/mol. The Morgan fingerprint density at radius 2 is 1.18 bits per heavy atom. The van der Waals surface area contributed by atoms with Gasteiger partial charge in [0.1, 0.15) is 6.29 Å². The number of aliphatic hydroxyl groups excluding tert-OH is 2. The Balaban J connectivity index is -0.0000000171. The van der Waals surface area contributed by atoms with Gasteiger partial charge in [0.05, 0.1) is 0 Å². The maximum Gasteiger partial charge on any atom is 0.266 e. The van der Waals surface area contributed by atoms with E-state index < -0.39 is 12.2 Å². The summed E-state index contributed by atoms with van der Waals surface area (Å²) in [6, 6.07) is 0. The molecule has 0 aliphatic rings. The van der Waals surface area contributed by atoms with Crippen molar-refractivity contribution in [3.63, 3.8) is 0 Å². The fourth-order valence-electron chi connectivity index (χ4n) is 0. The zero-order valence-electron chi connectivity index (χ0n) is 5.74. The Morgan fingerprint density at radius 3 is 1.18 bits per heavy atom. The summed E-state index contributed by atoms with van der Waals surface area (Å²) in [5.41, 5.74) is 0. The van der Waals surface area contributed by atoms with Crippen molar-refractivity contribution in [1.82, 2.24) is 0 Å². The largest absolute Gasteiger partial charge is 0.482 e. The van der Waals surface area contributed by atoms with Crippen LogP contribution in [0.1, 0.15) is 6.92 Å². The summed E-state index contributed by atoms with van der Waals surface area (Å²) in [5.74, 6) is -0.833. The van der Waals surface area contributed by atoms with Gasteiger partial charge in [-0.15, -0.1) is 0 Å². The average Bonchev–Trinajstić information content (AvgIpc) is 1.25. The van der Waals surface area contributed by atoms with E-state index >= 15 is 0 Å². The van der Waals surface area contributed by atoms with Gasteiger partial charge in [-0.05, 0) is 13.5 Å². The van der Waals surface area contributed by atoms with E-state index in [-0.39, 0.29) is 44.4 Å². The smallest absolute Gasteiger partial charge is 0.266 e. The molecule has 0 unspecified atom stereocenters. The first kappa shape index (κ1) is 30.0. The molecule has 0 aromatic carbocycles. The first-order valence-corrected chi connectivity index (χ1v) is 1.89. The maximum atomic E-state index is 7.61. The van der Waals surface area contributed by atoms with E-state index in [1.807, 2.05) is 0 Å². The van der Waals surface area contributed by atoms with E-state index in [2.05, 4.69) is 6.58 Å². The van der Waals surface area contributed by atoms with Gasteiger partial charge in [0.15, 0.2) is 0 Å². The third-order valence-electron chi connectivity index (χ3n) is 0. The first-order valence-electron chi connectivity index (χ1n) is 1.89. The molecule has 0 amide bonds. The van der Waals surface area contributed by atoms with Crippen molar-refractivity contribution in [1.29, 1.82) is 0 Å². The van der Waals surface area contributed by atoms with Crippen molar-refractivity contribution >= 4 is 0 Å². The molecule has 0 aliphatic carbocycles. The van der Waals surface area contributed by atoms with Crippen molar-refractivity contribution in [2.45, 2.75) is 13.2 Å². The van der Waals surface area contributed by atoms with E-state index in [0.29, 0.717) is 0 Å². The van der Waals surface area contributed by atoms with Gasteiger partial charge in [0.2, 0.25) is 0 Å². The minimum atomic E-state index is -1.17. The van der Waals surface area contributed by atoms with Gasteiger partial charge in [0.25, 0.3) is 5.95 Å². The summed E-state index contributed by atoms with van der Waals surface area (Å²) >= 11 is 0. The molecule has 0 aliphatic heterocycles. The molecule has 0 saturated heterocycles. The molecule has 6 N–H and O–H groups in total. The molecular formula is C4H12O5Rh2. The van der Waals surface area contributed by atoms with E-state index in [0.717, 1.165) is 0 Å². The summed E-state index contributed by atoms with van der Waals surface area (Å²) < 4.78 is 0. The molecule has 5 nitrogen and oxygen atoms in total. The SMILES string of the molecule is C=C(O)O.CC(O)O.O.[Rh].[Rh]. The molecule has 0 aromatic heterocycles. The molecule has 0 saturated carbocycles. The van der Waals surface area contributed by atoms with Crippen molar-refractivity contribution < 1.29 is 64.9 Å². The second-order valence-electron chi connectivity index (χ2n) is 1.05. The van der Waals surface area contributed by atoms with Crippen LogP contribution in [0.2, 0.25) is 0 Å². The van der Waals surface area contributed by atoms with Crippen LogP contribution < -0.4 is 0 Å². The van der Waals surface area contributed by atoms with Crippen LogP contribution in [-0.2, 0) is 39.0 Å². The van der Waals surface area contributed by atoms with Gasteiger partial charge < -0.3 is 25.9 Å². The molecule has 0 spiro atoms. The van der Waals surface area contributed by atoms with Gasteiger partial charge in [-0.25, -0.2) is 0 Å².